The van der Waals surface area contributed by atoms with Crippen molar-refractivity contribution in [3.05, 3.63) is 24.3 Å². The van der Waals surface area contributed by atoms with Gasteiger partial charge in [0.2, 0.25) is 0 Å². The van der Waals surface area contributed by atoms with Crippen LogP contribution in [0.2, 0.25) is 0 Å². The van der Waals surface area contributed by atoms with E-state index in [0.29, 0.717) is 0 Å². The summed E-state index contributed by atoms with van der Waals surface area (Å²) >= 11 is 0. The topological polar surface area (TPSA) is 60.4 Å². The van der Waals surface area contributed by atoms with Crippen LogP contribution >= 0.6 is 0 Å². The first-order chi connectivity index (χ1) is 8.21. The number of carbonyl (C=O) groups is 1. The lowest BCUT2D eigenvalue weighted by atomic mass is 9.99. The smallest absolute Gasteiger partial charge is 0.314 e. The Balaban J connectivity index is 2.90. The molecule has 1 aromatic rings. The molecule has 4 nitrogen and oxygen atoms in total. The molecule has 0 aliphatic carbocycles. The number of esters is 1. The van der Waals surface area contributed by atoms with Crippen molar-refractivity contribution in [1.29, 1.82) is 0 Å². The van der Waals surface area contributed by atoms with Crippen molar-refractivity contribution >= 4 is 15.8 Å². The van der Waals surface area contributed by atoms with Crippen LogP contribution in [0.3, 0.4) is 0 Å². The predicted molar refractivity (Wildman–Crippen MR) is 69.2 cm³/mol. The van der Waals surface area contributed by atoms with Crippen LogP contribution < -0.4 is 4.74 Å². The molecule has 0 amide bonds. The third-order valence-corrected chi connectivity index (χ3v) is 3.93. The van der Waals surface area contributed by atoms with Gasteiger partial charge < -0.3 is 4.74 Å². The fourth-order valence-corrected chi connectivity index (χ4v) is 1.91. The highest BCUT2D eigenvalue weighted by molar-refractivity contribution is 7.90. The molecule has 0 aliphatic heterocycles. The van der Waals surface area contributed by atoms with E-state index in [1.165, 1.54) is 12.1 Å². The predicted octanol–water partition coefficient (Wildman–Crippen LogP) is 2.29. The lowest BCUT2D eigenvalue weighted by Gasteiger charge is -2.14. The minimum atomic E-state index is -3.29. The van der Waals surface area contributed by atoms with Crippen molar-refractivity contribution in [2.75, 3.05) is 6.26 Å². The molecule has 18 heavy (non-hydrogen) atoms. The van der Waals surface area contributed by atoms with E-state index in [1.54, 1.807) is 19.1 Å². The highest BCUT2D eigenvalue weighted by Gasteiger charge is 2.19. The highest BCUT2D eigenvalue weighted by Crippen LogP contribution is 2.20. The Kier molecular flexibility index (Phi) is 4.51. The molecule has 0 saturated heterocycles. The van der Waals surface area contributed by atoms with Gasteiger partial charge in [0, 0.05) is 6.26 Å². The van der Waals surface area contributed by atoms with E-state index in [1.807, 2.05) is 13.8 Å². The Morgan fingerprint density at radius 2 is 1.83 bits per heavy atom. The number of hydrogen-bond acceptors (Lipinski definition) is 4. The third-order valence-electron chi connectivity index (χ3n) is 2.82. The molecule has 0 spiro atoms. The quantitative estimate of drug-likeness (QED) is 0.622. The Labute approximate surface area is 108 Å². The second-order valence-corrected chi connectivity index (χ2v) is 6.72. The molecule has 100 valence electrons. The molecular formula is C13H18O4S. The van der Waals surface area contributed by atoms with Crippen LogP contribution in [0.4, 0.5) is 0 Å². The number of hydrogen-bond donors (Lipinski definition) is 0. The summed E-state index contributed by atoms with van der Waals surface area (Å²) in [5, 5.41) is 0. The molecule has 0 heterocycles. The summed E-state index contributed by atoms with van der Waals surface area (Å²) in [5.41, 5.74) is 0. The molecule has 1 atom stereocenters. The number of carbonyl (C=O) groups excluding carboxylic acids is 1. The summed E-state index contributed by atoms with van der Waals surface area (Å²) in [4.78, 5) is 11.9. The van der Waals surface area contributed by atoms with Crippen molar-refractivity contribution in [2.45, 2.75) is 25.7 Å². The average Bonchev–Trinajstić information content (AvgIpc) is 2.27. The SMILES string of the molecule is CC(C)C(C)C(=O)Oc1cccc(S(C)(=O)=O)c1. The number of rotatable bonds is 4. The molecule has 0 aliphatic rings. The summed E-state index contributed by atoms with van der Waals surface area (Å²) in [6.07, 6.45) is 1.12. The minimum Gasteiger partial charge on any atom is -0.426 e. The standard InChI is InChI=1S/C13H18O4S/c1-9(2)10(3)13(14)17-11-6-5-7-12(8-11)18(4,15)16/h5-10H,1-4H3. The van der Waals surface area contributed by atoms with Gasteiger partial charge in [-0.15, -0.1) is 0 Å². The Morgan fingerprint density at radius 3 is 2.33 bits per heavy atom. The minimum absolute atomic E-state index is 0.144. The van der Waals surface area contributed by atoms with E-state index in [9.17, 15) is 13.2 Å². The van der Waals surface area contributed by atoms with Crippen LogP contribution in [0.1, 0.15) is 20.8 Å². The number of ether oxygens (including phenoxy) is 1. The fourth-order valence-electron chi connectivity index (χ4n) is 1.25. The third kappa shape index (κ3) is 3.84. The van der Waals surface area contributed by atoms with Crippen molar-refractivity contribution in [2.24, 2.45) is 11.8 Å². The van der Waals surface area contributed by atoms with Gasteiger partial charge >= 0.3 is 5.97 Å². The molecule has 0 N–H and O–H groups in total. The summed E-state index contributed by atoms with van der Waals surface area (Å²) in [7, 11) is -3.29. The molecule has 0 bridgehead atoms. The van der Waals surface area contributed by atoms with E-state index in [2.05, 4.69) is 0 Å². The first kappa shape index (κ1) is 14.7. The number of benzene rings is 1. The Hall–Kier alpha value is -1.36. The van der Waals surface area contributed by atoms with Gasteiger partial charge in [-0.3, -0.25) is 4.79 Å². The Morgan fingerprint density at radius 1 is 1.22 bits per heavy atom. The zero-order valence-electron chi connectivity index (χ0n) is 11.0. The second-order valence-electron chi connectivity index (χ2n) is 4.70. The monoisotopic (exact) mass is 270 g/mol. The maximum atomic E-state index is 11.7. The zero-order valence-corrected chi connectivity index (χ0v) is 11.8. The molecule has 0 saturated carbocycles. The van der Waals surface area contributed by atoms with E-state index >= 15 is 0 Å². The van der Waals surface area contributed by atoms with E-state index in [4.69, 9.17) is 4.74 Å². The van der Waals surface area contributed by atoms with Crippen LogP contribution in [0.5, 0.6) is 5.75 Å². The van der Waals surface area contributed by atoms with Crippen molar-refractivity contribution in [3.8, 4) is 5.75 Å². The van der Waals surface area contributed by atoms with Crippen LogP contribution in [0.15, 0.2) is 29.2 Å². The molecule has 0 fully saturated rings. The average molecular weight is 270 g/mol. The largest absolute Gasteiger partial charge is 0.426 e. The van der Waals surface area contributed by atoms with Crippen LogP contribution in [-0.4, -0.2) is 20.6 Å². The zero-order chi connectivity index (χ0) is 13.9. The summed E-state index contributed by atoms with van der Waals surface area (Å²) in [5.74, 6) is -0.145. The van der Waals surface area contributed by atoms with Gasteiger partial charge in [0.25, 0.3) is 0 Å². The number of sulfone groups is 1. The summed E-state index contributed by atoms with van der Waals surface area (Å²) in [6.45, 7) is 5.64. The first-order valence-corrected chi connectivity index (χ1v) is 7.62. The van der Waals surface area contributed by atoms with Crippen molar-refractivity contribution in [3.63, 3.8) is 0 Å². The molecule has 0 aromatic heterocycles. The van der Waals surface area contributed by atoms with Gasteiger partial charge in [0.1, 0.15) is 5.75 Å². The van der Waals surface area contributed by atoms with Gasteiger partial charge in [-0.1, -0.05) is 26.8 Å². The fraction of sp³-hybridized carbons (Fsp3) is 0.462. The van der Waals surface area contributed by atoms with Gasteiger partial charge in [0.15, 0.2) is 9.84 Å². The van der Waals surface area contributed by atoms with E-state index in [0.717, 1.165) is 6.26 Å². The summed E-state index contributed by atoms with van der Waals surface area (Å²) in [6, 6.07) is 5.96. The van der Waals surface area contributed by atoms with Gasteiger partial charge in [-0.2, -0.15) is 0 Å². The molecule has 5 heteroatoms. The second kappa shape index (κ2) is 5.52. The van der Waals surface area contributed by atoms with Crippen molar-refractivity contribution in [1.82, 2.24) is 0 Å². The molecular weight excluding hydrogens is 252 g/mol. The van der Waals surface area contributed by atoms with Crippen molar-refractivity contribution < 1.29 is 17.9 Å². The van der Waals surface area contributed by atoms with Crippen LogP contribution in [-0.2, 0) is 14.6 Å². The van der Waals surface area contributed by atoms with E-state index < -0.39 is 9.84 Å². The Bertz CT molecular complexity index is 532. The molecule has 1 unspecified atom stereocenters. The maximum absolute atomic E-state index is 11.7. The first-order valence-electron chi connectivity index (χ1n) is 5.73. The normalized spacial score (nSPS) is 13.4. The van der Waals surface area contributed by atoms with Gasteiger partial charge in [0.05, 0.1) is 10.8 Å². The van der Waals surface area contributed by atoms with Gasteiger partial charge in [-0.05, 0) is 24.1 Å². The molecule has 1 rings (SSSR count). The lowest BCUT2D eigenvalue weighted by molar-refractivity contribution is -0.139. The van der Waals surface area contributed by atoms with Crippen LogP contribution in [0, 0.1) is 11.8 Å². The molecule has 1 aromatic carbocycles. The van der Waals surface area contributed by atoms with Gasteiger partial charge in [-0.25, -0.2) is 8.42 Å². The lowest BCUT2D eigenvalue weighted by Crippen LogP contribution is -2.22. The van der Waals surface area contributed by atoms with E-state index in [-0.39, 0.29) is 28.5 Å². The van der Waals surface area contributed by atoms with Crippen LogP contribution in [0.25, 0.3) is 0 Å². The summed E-state index contributed by atoms with van der Waals surface area (Å²) < 4.78 is 27.9. The molecule has 0 radical (unpaired) electrons. The highest BCUT2D eigenvalue weighted by atomic mass is 32.2. The maximum Gasteiger partial charge on any atom is 0.314 e.